The second kappa shape index (κ2) is 10.7. The van der Waals surface area contributed by atoms with Crippen molar-refractivity contribution in [3.8, 4) is 0 Å². The highest BCUT2D eigenvalue weighted by atomic mass is 19.4. The van der Waals surface area contributed by atoms with Crippen LogP contribution in [0.15, 0.2) is 60.8 Å². The number of nitrogens with zero attached hydrogens (tertiary/aromatic N) is 1. The average Bonchev–Trinajstić information content (AvgIpc) is 2.80. The second-order valence-electron chi connectivity index (χ2n) is 7.92. The highest BCUT2D eigenvalue weighted by Gasteiger charge is 2.32. The molecule has 2 aromatic carbocycles. The number of benzene rings is 2. The molecule has 0 saturated heterocycles. The summed E-state index contributed by atoms with van der Waals surface area (Å²) in [6, 6.07) is 11.0. The standard InChI is InChI=1S/C25H24F5N3O/c1-15-12-17(8-9-20(15)27)21(10-6-16-7-11-22(32-14-16)25(28,29)30)33-23(24(34)31-2)18-4-3-5-19(26)13-18/h3-5,7-9,11-14,21,23,33H,6,10H2,1-2H3,(H,31,34)/t21-,23-/m0/s1. The Kier molecular flexibility index (Phi) is 7.98. The van der Waals surface area contributed by atoms with Gasteiger partial charge in [-0.05, 0) is 66.3 Å². The van der Waals surface area contributed by atoms with Gasteiger partial charge in [0.25, 0.3) is 0 Å². The highest BCUT2D eigenvalue weighted by molar-refractivity contribution is 5.83. The van der Waals surface area contributed by atoms with E-state index in [-0.39, 0.29) is 5.82 Å². The van der Waals surface area contributed by atoms with Gasteiger partial charge in [0.05, 0.1) is 0 Å². The first-order chi connectivity index (χ1) is 16.1. The van der Waals surface area contributed by atoms with Crippen LogP contribution in [0.4, 0.5) is 22.0 Å². The van der Waals surface area contributed by atoms with Gasteiger partial charge in [0, 0.05) is 19.3 Å². The number of aryl methyl sites for hydroxylation is 2. The smallest absolute Gasteiger partial charge is 0.358 e. The fraction of sp³-hybridized carbons (Fsp3) is 0.280. The third kappa shape index (κ3) is 6.38. The third-order valence-electron chi connectivity index (χ3n) is 5.48. The number of amides is 1. The first-order valence-electron chi connectivity index (χ1n) is 10.6. The number of alkyl halides is 3. The lowest BCUT2D eigenvalue weighted by molar-refractivity contribution is -0.141. The molecule has 0 saturated carbocycles. The lowest BCUT2D eigenvalue weighted by Gasteiger charge is -2.26. The summed E-state index contributed by atoms with van der Waals surface area (Å²) in [5.74, 6) is -1.29. The summed E-state index contributed by atoms with van der Waals surface area (Å²) in [4.78, 5) is 16.1. The van der Waals surface area contributed by atoms with Crippen molar-refractivity contribution in [1.29, 1.82) is 0 Å². The quantitative estimate of drug-likeness (QED) is 0.425. The van der Waals surface area contributed by atoms with Gasteiger partial charge in [0.15, 0.2) is 0 Å². The number of likely N-dealkylation sites (N-methyl/N-ethyl adjacent to an activating group) is 1. The number of aromatic nitrogens is 1. The molecule has 0 unspecified atom stereocenters. The van der Waals surface area contributed by atoms with E-state index in [1.165, 1.54) is 43.6 Å². The van der Waals surface area contributed by atoms with Crippen molar-refractivity contribution in [2.24, 2.45) is 0 Å². The molecule has 0 bridgehead atoms. The van der Waals surface area contributed by atoms with Crippen molar-refractivity contribution < 1.29 is 26.7 Å². The van der Waals surface area contributed by atoms with Crippen LogP contribution in [0.25, 0.3) is 0 Å². The molecule has 180 valence electrons. The minimum absolute atomic E-state index is 0.336. The molecule has 0 aliphatic heterocycles. The van der Waals surface area contributed by atoms with Crippen LogP contribution in [0.1, 0.15) is 46.5 Å². The fourth-order valence-corrected chi connectivity index (χ4v) is 3.64. The van der Waals surface area contributed by atoms with Crippen LogP contribution in [0, 0.1) is 18.6 Å². The predicted octanol–water partition coefficient (Wildman–Crippen LogP) is 5.44. The molecule has 0 aliphatic carbocycles. The van der Waals surface area contributed by atoms with E-state index in [1.807, 2.05) is 0 Å². The van der Waals surface area contributed by atoms with Crippen molar-refractivity contribution in [1.82, 2.24) is 15.6 Å². The molecule has 2 atom stereocenters. The molecule has 9 heteroatoms. The van der Waals surface area contributed by atoms with Crippen LogP contribution in [0.3, 0.4) is 0 Å². The van der Waals surface area contributed by atoms with Gasteiger partial charge < -0.3 is 5.32 Å². The van der Waals surface area contributed by atoms with E-state index in [0.29, 0.717) is 35.1 Å². The molecule has 2 N–H and O–H groups in total. The average molecular weight is 477 g/mol. The Balaban J connectivity index is 1.89. The van der Waals surface area contributed by atoms with Gasteiger partial charge in [-0.15, -0.1) is 0 Å². The van der Waals surface area contributed by atoms with Crippen LogP contribution >= 0.6 is 0 Å². The first-order valence-corrected chi connectivity index (χ1v) is 10.6. The van der Waals surface area contributed by atoms with E-state index in [0.717, 1.165) is 6.07 Å². The Bertz CT molecular complexity index is 1130. The van der Waals surface area contributed by atoms with Crippen molar-refractivity contribution in [3.63, 3.8) is 0 Å². The molecule has 3 rings (SSSR count). The minimum atomic E-state index is -4.53. The van der Waals surface area contributed by atoms with E-state index < -0.39 is 35.7 Å². The summed E-state index contributed by atoms with van der Waals surface area (Å²) in [6.07, 6.45) is -2.66. The second-order valence-corrected chi connectivity index (χ2v) is 7.92. The lowest BCUT2D eigenvalue weighted by Crippen LogP contribution is -2.38. The van der Waals surface area contributed by atoms with Crippen LogP contribution in [-0.2, 0) is 17.4 Å². The van der Waals surface area contributed by atoms with E-state index in [9.17, 15) is 26.7 Å². The Morgan fingerprint density at radius 3 is 2.38 bits per heavy atom. The van der Waals surface area contributed by atoms with E-state index >= 15 is 0 Å². The maximum atomic E-state index is 13.9. The normalized spacial score (nSPS) is 13.4. The van der Waals surface area contributed by atoms with E-state index in [1.54, 1.807) is 25.1 Å². The SMILES string of the molecule is CNC(=O)[C@@H](N[C@@H](CCc1ccc(C(F)(F)F)nc1)c1ccc(F)c(C)c1)c1cccc(F)c1. The summed E-state index contributed by atoms with van der Waals surface area (Å²) >= 11 is 0. The van der Waals surface area contributed by atoms with Gasteiger partial charge in [-0.1, -0.05) is 30.3 Å². The van der Waals surface area contributed by atoms with Crippen LogP contribution in [-0.4, -0.2) is 17.9 Å². The highest BCUT2D eigenvalue weighted by Crippen LogP contribution is 2.29. The number of carbonyl (C=O) groups excluding carboxylic acids is 1. The topological polar surface area (TPSA) is 54.0 Å². The van der Waals surface area contributed by atoms with Gasteiger partial charge in [0.1, 0.15) is 23.4 Å². The largest absolute Gasteiger partial charge is 0.433 e. The summed E-state index contributed by atoms with van der Waals surface area (Å²) in [6.45, 7) is 1.61. The number of carbonyl (C=O) groups is 1. The maximum absolute atomic E-state index is 13.9. The molecule has 0 fully saturated rings. The van der Waals surface area contributed by atoms with Crippen molar-refractivity contribution in [2.75, 3.05) is 7.05 Å². The molecule has 34 heavy (non-hydrogen) atoms. The van der Waals surface area contributed by atoms with Gasteiger partial charge >= 0.3 is 6.18 Å². The zero-order chi connectivity index (χ0) is 24.9. The van der Waals surface area contributed by atoms with Crippen molar-refractivity contribution in [2.45, 2.75) is 38.0 Å². The number of nitrogens with one attached hydrogen (secondary N) is 2. The predicted molar refractivity (Wildman–Crippen MR) is 118 cm³/mol. The first kappa shape index (κ1) is 25.3. The number of hydrogen-bond acceptors (Lipinski definition) is 3. The Hall–Kier alpha value is -3.33. The third-order valence-corrected chi connectivity index (χ3v) is 5.48. The molecule has 0 radical (unpaired) electrons. The molecule has 0 aliphatic rings. The molecule has 3 aromatic rings. The summed E-state index contributed by atoms with van der Waals surface area (Å²) in [7, 11) is 1.46. The van der Waals surface area contributed by atoms with E-state index in [2.05, 4.69) is 15.6 Å². The van der Waals surface area contributed by atoms with Crippen LogP contribution in [0.5, 0.6) is 0 Å². The molecular weight excluding hydrogens is 453 g/mol. The number of halogens is 5. The summed E-state index contributed by atoms with van der Waals surface area (Å²) in [5.41, 5.74) is 1.08. The zero-order valence-corrected chi connectivity index (χ0v) is 18.6. The Morgan fingerprint density at radius 1 is 1.03 bits per heavy atom. The Morgan fingerprint density at radius 2 is 1.79 bits per heavy atom. The van der Waals surface area contributed by atoms with Crippen LogP contribution < -0.4 is 10.6 Å². The van der Waals surface area contributed by atoms with Gasteiger partial charge in [-0.2, -0.15) is 13.2 Å². The van der Waals surface area contributed by atoms with Gasteiger partial charge in [0.2, 0.25) is 5.91 Å². The van der Waals surface area contributed by atoms with Gasteiger partial charge in [-0.25, -0.2) is 8.78 Å². The monoisotopic (exact) mass is 477 g/mol. The Labute approximate surface area is 194 Å². The van der Waals surface area contributed by atoms with E-state index in [4.69, 9.17) is 0 Å². The van der Waals surface area contributed by atoms with Gasteiger partial charge in [-0.3, -0.25) is 15.1 Å². The fourth-order valence-electron chi connectivity index (χ4n) is 3.64. The molecule has 1 heterocycles. The number of rotatable bonds is 8. The van der Waals surface area contributed by atoms with Crippen LogP contribution in [0.2, 0.25) is 0 Å². The number of pyridine rings is 1. The van der Waals surface area contributed by atoms with Crippen molar-refractivity contribution >= 4 is 5.91 Å². The lowest BCUT2D eigenvalue weighted by atomic mass is 9.95. The minimum Gasteiger partial charge on any atom is -0.358 e. The summed E-state index contributed by atoms with van der Waals surface area (Å²) < 4.78 is 66.1. The molecular formula is C25H24F5N3O. The van der Waals surface area contributed by atoms with Crippen molar-refractivity contribution in [3.05, 3.63) is 100 Å². The molecule has 0 spiro atoms. The zero-order valence-electron chi connectivity index (χ0n) is 18.6. The maximum Gasteiger partial charge on any atom is 0.433 e. The number of hydrogen-bond donors (Lipinski definition) is 2. The summed E-state index contributed by atoms with van der Waals surface area (Å²) in [5, 5.41) is 5.77. The molecule has 1 amide bonds. The molecule has 4 nitrogen and oxygen atoms in total. The molecule has 1 aromatic heterocycles.